The first-order valence-corrected chi connectivity index (χ1v) is 8.88. The zero-order valence-electron chi connectivity index (χ0n) is 12.9. The van der Waals surface area contributed by atoms with E-state index in [1.165, 1.54) is 6.33 Å². The lowest BCUT2D eigenvalue weighted by Crippen LogP contribution is -2.48. The second kappa shape index (κ2) is 5.88. The predicted molar refractivity (Wildman–Crippen MR) is 84.2 cm³/mol. The highest BCUT2D eigenvalue weighted by molar-refractivity contribution is 7.82. The largest absolute Gasteiger partial charge is 0.500 e. The quantitative estimate of drug-likeness (QED) is 0.740. The number of rotatable bonds is 3. The van der Waals surface area contributed by atoms with Gasteiger partial charge in [-0.1, -0.05) is 0 Å². The molecule has 132 valence electrons. The number of aromatic nitrogens is 4. The highest BCUT2D eigenvalue weighted by Crippen LogP contribution is 2.24. The molecule has 1 saturated heterocycles. The fraction of sp³-hybridized carbons (Fsp3) is 0.385. The Balaban J connectivity index is 1.46. The lowest BCUT2D eigenvalue weighted by Gasteiger charge is -2.33. The molecule has 12 heteroatoms. The molecule has 2 aliphatic rings. The van der Waals surface area contributed by atoms with Crippen molar-refractivity contribution >= 4 is 33.3 Å². The second-order valence-corrected chi connectivity index (χ2v) is 6.80. The van der Waals surface area contributed by atoms with Crippen LogP contribution in [0.1, 0.15) is 12.8 Å². The fourth-order valence-corrected chi connectivity index (χ4v) is 3.46. The third-order valence-corrected chi connectivity index (χ3v) is 4.66. The number of nitrogens with one attached hydrogen (secondary N) is 2. The van der Waals surface area contributed by atoms with Crippen molar-refractivity contribution < 1.29 is 21.6 Å². The molecule has 2 aliphatic heterocycles. The third-order valence-electron chi connectivity index (χ3n) is 3.95. The summed E-state index contributed by atoms with van der Waals surface area (Å²) < 4.78 is 30.9. The standard InChI is InChI=1S/C13H14N6O5S/c20-13(9-5-23-25(21,22)24-9)18-8-2-1-3-19(4-8)12-10-11(15-6-14-10)16-7-17-12/h5-8H,1-4H2,(H,18,20)(H,14,15,16,17)/t8-/m1/s1. The van der Waals surface area contributed by atoms with Crippen LogP contribution in [0.4, 0.5) is 5.82 Å². The molecule has 0 aromatic carbocycles. The van der Waals surface area contributed by atoms with Gasteiger partial charge in [0.05, 0.1) is 6.33 Å². The minimum Gasteiger partial charge on any atom is -0.357 e. The second-order valence-electron chi connectivity index (χ2n) is 5.63. The summed E-state index contributed by atoms with van der Waals surface area (Å²) in [5.41, 5.74) is 1.30. The predicted octanol–water partition coefficient (Wildman–Crippen LogP) is -0.429. The minimum absolute atomic E-state index is 0.193. The van der Waals surface area contributed by atoms with Gasteiger partial charge in [-0.2, -0.15) is 0 Å². The zero-order valence-corrected chi connectivity index (χ0v) is 13.7. The number of anilines is 1. The van der Waals surface area contributed by atoms with Gasteiger partial charge in [-0.15, -0.1) is 8.42 Å². The summed E-state index contributed by atoms with van der Waals surface area (Å²) in [5.74, 6) is -0.305. The van der Waals surface area contributed by atoms with Crippen molar-refractivity contribution in [2.75, 3.05) is 18.0 Å². The number of carbonyl (C=O) groups excluding carboxylic acids is 1. The van der Waals surface area contributed by atoms with E-state index in [9.17, 15) is 13.2 Å². The zero-order chi connectivity index (χ0) is 17.4. The van der Waals surface area contributed by atoms with E-state index < -0.39 is 16.3 Å². The molecular formula is C13H14N6O5S. The molecule has 0 radical (unpaired) electrons. The molecule has 2 aromatic heterocycles. The third kappa shape index (κ3) is 3.07. The number of hydrogen-bond donors (Lipinski definition) is 2. The monoisotopic (exact) mass is 366 g/mol. The number of fused-ring (bicyclic) bond motifs is 1. The number of nitrogens with zero attached hydrogens (tertiary/aromatic N) is 4. The van der Waals surface area contributed by atoms with Gasteiger partial charge in [0, 0.05) is 19.1 Å². The summed E-state index contributed by atoms with van der Waals surface area (Å²) in [7, 11) is -4.14. The molecule has 25 heavy (non-hydrogen) atoms. The Labute approximate surface area is 142 Å². The van der Waals surface area contributed by atoms with E-state index in [-0.39, 0.29) is 11.8 Å². The van der Waals surface area contributed by atoms with Crippen LogP contribution in [0.25, 0.3) is 11.2 Å². The molecule has 4 heterocycles. The van der Waals surface area contributed by atoms with Crippen LogP contribution in [-0.2, 0) is 23.6 Å². The summed E-state index contributed by atoms with van der Waals surface area (Å²) in [6.45, 7) is 1.28. The molecule has 0 aliphatic carbocycles. The lowest BCUT2D eigenvalue weighted by atomic mass is 10.1. The topological polar surface area (TPSA) is 139 Å². The molecule has 0 bridgehead atoms. The Kier molecular flexibility index (Phi) is 3.67. The van der Waals surface area contributed by atoms with Crippen LogP contribution >= 0.6 is 0 Å². The van der Waals surface area contributed by atoms with Gasteiger partial charge in [0.1, 0.15) is 11.8 Å². The molecule has 0 unspecified atom stereocenters. The summed E-state index contributed by atoms with van der Waals surface area (Å²) >= 11 is 0. The van der Waals surface area contributed by atoms with Crippen molar-refractivity contribution in [2.24, 2.45) is 0 Å². The van der Waals surface area contributed by atoms with Crippen molar-refractivity contribution in [1.29, 1.82) is 0 Å². The summed E-state index contributed by atoms with van der Waals surface area (Å²) in [4.78, 5) is 29.6. The minimum atomic E-state index is -4.14. The molecule has 1 fully saturated rings. The van der Waals surface area contributed by atoms with E-state index in [1.54, 1.807) is 6.33 Å². The molecule has 2 aromatic rings. The van der Waals surface area contributed by atoms with Gasteiger partial charge >= 0.3 is 10.4 Å². The van der Waals surface area contributed by atoms with E-state index in [1.807, 2.05) is 4.90 Å². The van der Waals surface area contributed by atoms with Crippen LogP contribution < -0.4 is 10.2 Å². The molecule has 4 rings (SSSR count). The number of carbonyl (C=O) groups is 1. The van der Waals surface area contributed by atoms with E-state index in [0.717, 1.165) is 31.2 Å². The maximum absolute atomic E-state index is 12.1. The van der Waals surface area contributed by atoms with Crippen LogP contribution in [0.15, 0.2) is 24.7 Å². The van der Waals surface area contributed by atoms with Gasteiger partial charge in [0.25, 0.3) is 5.91 Å². The fourth-order valence-electron chi connectivity index (χ4n) is 2.88. The summed E-state index contributed by atoms with van der Waals surface area (Å²) in [6, 6.07) is -0.193. The Morgan fingerprint density at radius 2 is 2.24 bits per heavy atom. The first-order chi connectivity index (χ1) is 12.0. The average molecular weight is 366 g/mol. The van der Waals surface area contributed by atoms with Crippen molar-refractivity contribution in [1.82, 2.24) is 25.3 Å². The Morgan fingerprint density at radius 1 is 1.36 bits per heavy atom. The highest BCUT2D eigenvalue weighted by atomic mass is 32.3. The maximum atomic E-state index is 12.1. The number of aromatic amines is 1. The van der Waals surface area contributed by atoms with E-state index in [4.69, 9.17) is 0 Å². The Morgan fingerprint density at radius 3 is 3.04 bits per heavy atom. The van der Waals surface area contributed by atoms with Crippen LogP contribution in [0.3, 0.4) is 0 Å². The Hall–Kier alpha value is -2.89. The number of piperidine rings is 1. The van der Waals surface area contributed by atoms with Gasteiger partial charge < -0.3 is 23.6 Å². The van der Waals surface area contributed by atoms with Gasteiger partial charge in [-0.25, -0.2) is 15.0 Å². The average Bonchev–Trinajstić information content (AvgIpc) is 3.20. The highest BCUT2D eigenvalue weighted by Gasteiger charge is 2.31. The number of amides is 1. The Bertz CT molecular complexity index is 955. The van der Waals surface area contributed by atoms with Gasteiger partial charge in [0.15, 0.2) is 17.7 Å². The number of H-pyrrole nitrogens is 1. The normalized spacial score (nSPS) is 22.2. The first-order valence-electron chi connectivity index (χ1n) is 7.54. The van der Waals surface area contributed by atoms with Crippen molar-refractivity contribution in [2.45, 2.75) is 18.9 Å². The van der Waals surface area contributed by atoms with Crippen LogP contribution in [0.2, 0.25) is 0 Å². The van der Waals surface area contributed by atoms with E-state index >= 15 is 0 Å². The van der Waals surface area contributed by atoms with E-state index in [0.29, 0.717) is 18.0 Å². The van der Waals surface area contributed by atoms with E-state index in [2.05, 4.69) is 33.6 Å². The number of hydrogen-bond acceptors (Lipinski definition) is 9. The molecule has 2 N–H and O–H groups in total. The smallest absolute Gasteiger partial charge is 0.357 e. The van der Waals surface area contributed by atoms with Crippen LogP contribution in [0, 0.1) is 0 Å². The number of imidazole rings is 1. The first kappa shape index (κ1) is 15.6. The molecule has 1 amide bonds. The maximum Gasteiger partial charge on any atom is 0.500 e. The lowest BCUT2D eigenvalue weighted by molar-refractivity contribution is -0.120. The van der Waals surface area contributed by atoms with Crippen LogP contribution in [0.5, 0.6) is 0 Å². The molecule has 11 nitrogen and oxygen atoms in total. The summed E-state index contributed by atoms with van der Waals surface area (Å²) in [5, 5.41) is 2.75. The van der Waals surface area contributed by atoms with Crippen molar-refractivity contribution in [3.05, 3.63) is 24.7 Å². The summed E-state index contributed by atoms with van der Waals surface area (Å²) in [6.07, 6.45) is 5.36. The SMILES string of the molecule is O=C(N[C@@H]1CCCN(c2ncnc3nc[nH]c23)C1)C1=COS(=O)(=O)O1. The van der Waals surface area contributed by atoms with Gasteiger partial charge in [-0.3, -0.25) is 4.79 Å². The molecule has 0 saturated carbocycles. The van der Waals surface area contributed by atoms with Crippen LogP contribution in [-0.4, -0.2) is 53.4 Å². The van der Waals surface area contributed by atoms with Gasteiger partial charge in [-0.05, 0) is 12.8 Å². The molecular weight excluding hydrogens is 352 g/mol. The van der Waals surface area contributed by atoms with Gasteiger partial charge in [0.2, 0.25) is 5.76 Å². The van der Waals surface area contributed by atoms with Crippen molar-refractivity contribution in [3.8, 4) is 0 Å². The molecule has 1 atom stereocenters. The molecule has 0 spiro atoms. The van der Waals surface area contributed by atoms with Crippen molar-refractivity contribution in [3.63, 3.8) is 0 Å².